The van der Waals surface area contributed by atoms with Crippen molar-refractivity contribution in [1.29, 1.82) is 0 Å². The predicted molar refractivity (Wildman–Crippen MR) is 53.3 cm³/mol. The van der Waals surface area contributed by atoms with Gasteiger partial charge in [-0.05, 0) is 20.5 Å². The first kappa shape index (κ1) is 11.9. The fraction of sp³-hybridized carbons (Fsp3) is 1.00. The molecule has 0 radical (unpaired) electrons. The van der Waals surface area contributed by atoms with Crippen molar-refractivity contribution >= 4 is 0 Å². The third-order valence-corrected chi connectivity index (χ3v) is 1.97. The second-order valence-electron chi connectivity index (χ2n) is 3.77. The number of rotatable bonds is 7. The Morgan fingerprint density at radius 3 is 2.33 bits per heavy atom. The zero-order valence-electron chi connectivity index (χ0n) is 8.71. The number of hydrogen-bond donors (Lipinski definition) is 1. The molecule has 0 aliphatic carbocycles. The van der Waals surface area contributed by atoms with Gasteiger partial charge in [0.05, 0.1) is 6.10 Å². The molecular weight excluding hydrogens is 150 g/mol. The Hall–Kier alpha value is -0.0800. The molecule has 12 heavy (non-hydrogen) atoms. The van der Waals surface area contributed by atoms with Crippen molar-refractivity contribution in [3.63, 3.8) is 0 Å². The monoisotopic (exact) mass is 173 g/mol. The molecule has 2 nitrogen and oxygen atoms in total. The fourth-order valence-corrected chi connectivity index (χ4v) is 1.32. The summed E-state index contributed by atoms with van der Waals surface area (Å²) in [6, 6.07) is 0. The number of likely N-dealkylation sites (N-methyl/N-ethyl adjacent to an activating group) is 1. The summed E-state index contributed by atoms with van der Waals surface area (Å²) in [5.41, 5.74) is 0. The lowest BCUT2D eigenvalue weighted by Gasteiger charge is -2.15. The van der Waals surface area contributed by atoms with Crippen molar-refractivity contribution in [3.05, 3.63) is 0 Å². The predicted octanol–water partition coefficient (Wildman–Crippen LogP) is 1.88. The van der Waals surface area contributed by atoms with Gasteiger partial charge >= 0.3 is 0 Å². The first-order chi connectivity index (χ1) is 5.66. The first-order valence-corrected chi connectivity index (χ1v) is 4.99. The average molecular weight is 173 g/mol. The van der Waals surface area contributed by atoms with Crippen LogP contribution < -0.4 is 0 Å². The third-order valence-electron chi connectivity index (χ3n) is 1.97. The summed E-state index contributed by atoms with van der Waals surface area (Å²) in [7, 11) is 3.99. The van der Waals surface area contributed by atoms with Crippen LogP contribution in [0.25, 0.3) is 0 Å². The van der Waals surface area contributed by atoms with Gasteiger partial charge in [0.25, 0.3) is 0 Å². The van der Waals surface area contributed by atoms with E-state index in [-0.39, 0.29) is 6.10 Å². The molecule has 0 aliphatic rings. The van der Waals surface area contributed by atoms with E-state index in [1.165, 1.54) is 25.7 Å². The van der Waals surface area contributed by atoms with Crippen LogP contribution in [-0.2, 0) is 0 Å². The average Bonchev–Trinajstić information content (AvgIpc) is 1.97. The van der Waals surface area contributed by atoms with Crippen LogP contribution in [0.15, 0.2) is 0 Å². The Morgan fingerprint density at radius 2 is 1.83 bits per heavy atom. The Balaban J connectivity index is 3.14. The molecule has 74 valence electrons. The lowest BCUT2D eigenvalue weighted by Crippen LogP contribution is -2.25. The van der Waals surface area contributed by atoms with Crippen molar-refractivity contribution in [2.24, 2.45) is 0 Å². The number of aliphatic hydroxyl groups is 1. The van der Waals surface area contributed by atoms with Crippen molar-refractivity contribution in [2.75, 3.05) is 20.6 Å². The van der Waals surface area contributed by atoms with Crippen LogP contribution in [0.2, 0.25) is 0 Å². The van der Waals surface area contributed by atoms with Crippen molar-refractivity contribution in [1.82, 2.24) is 4.90 Å². The summed E-state index contributed by atoms with van der Waals surface area (Å²) < 4.78 is 0. The number of nitrogens with zero attached hydrogens (tertiary/aromatic N) is 1. The van der Waals surface area contributed by atoms with Crippen LogP contribution in [0.1, 0.15) is 39.0 Å². The minimum absolute atomic E-state index is 0.128. The highest BCUT2D eigenvalue weighted by atomic mass is 16.3. The molecule has 0 rings (SSSR count). The zero-order chi connectivity index (χ0) is 9.40. The maximum atomic E-state index is 9.48. The maximum Gasteiger partial charge on any atom is 0.0666 e. The highest BCUT2D eigenvalue weighted by molar-refractivity contribution is 4.58. The molecule has 0 aliphatic heterocycles. The molecular formula is C10H23NO. The van der Waals surface area contributed by atoms with Crippen LogP contribution in [0.5, 0.6) is 0 Å². The molecule has 1 N–H and O–H groups in total. The molecule has 2 heteroatoms. The second-order valence-corrected chi connectivity index (χ2v) is 3.77. The Labute approximate surface area is 76.6 Å². The van der Waals surface area contributed by atoms with Crippen LogP contribution in [0.4, 0.5) is 0 Å². The molecule has 0 unspecified atom stereocenters. The molecule has 0 aromatic rings. The molecule has 0 saturated heterocycles. The molecule has 0 heterocycles. The van der Waals surface area contributed by atoms with Crippen LogP contribution >= 0.6 is 0 Å². The van der Waals surface area contributed by atoms with E-state index >= 15 is 0 Å². The summed E-state index contributed by atoms with van der Waals surface area (Å²) in [6.45, 7) is 3.00. The smallest absolute Gasteiger partial charge is 0.0666 e. The second kappa shape index (κ2) is 7.56. The lowest BCUT2D eigenvalue weighted by atomic mass is 10.1. The largest absolute Gasteiger partial charge is 0.392 e. The Bertz CT molecular complexity index is 93.8. The van der Waals surface area contributed by atoms with Crippen LogP contribution in [0.3, 0.4) is 0 Å². The van der Waals surface area contributed by atoms with Gasteiger partial charge in [-0.2, -0.15) is 0 Å². The first-order valence-electron chi connectivity index (χ1n) is 4.99. The standard InChI is InChI=1S/C10H23NO/c1-4-5-6-7-8-10(12)9-11(2)3/h10,12H,4-9H2,1-3H3/t10-/m0/s1. The minimum atomic E-state index is -0.128. The quantitative estimate of drug-likeness (QED) is 0.594. The summed E-state index contributed by atoms with van der Waals surface area (Å²) in [5.74, 6) is 0. The van der Waals surface area contributed by atoms with E-state index in [9.17, 15) is 5.11 Å². The van der Waals surface area contributed by atoms with Crippen LogP contribution in [0, 0.1) is 0 Å². The molecule has 0 aromatic carbocycles. The third kappa shape index (κ3) is 8.02. The lowest BCUT2D eigenvalue weighted by molar-refractivity contribution is 0.125. The molecule has 0 spiro atoms. The maximum absolute atomic E-state index is 9.48. The highest BCUT2D eigenvalue weighted by Crippen LogP contribution is 2.05. The van der Waals surface area contributed by atoms with Gasteiger partial charge in [0, 0.05) is 6.54 Å². The molecule has 0 amide bonds. The molecule has 1 atom stereocenters. The van der Waals surface area contributed by atoms with E-state index in [2.05, 4.69) is 6.92 Å². The van der Waals surface area contributed by atoms with Crippen molar-refractivity contribution in [2.45, 2.75) is 45.1 Å². The molecule has 0 aromatic heterocycles. The van der Waals surface area contributed by atoms with E-state index in [1.54, 1.807) is 0 Å². The minimum Gasteiger partial charge on any atom is -0.392 e. The summed E-state index contributed by atoms with van der Waals surface area (Å²) in [4.78, 5) is 2.03. The van der Waals surface area contributed by atoms with Gasteiger partial charge in [0.15, 0.2) is 0 Å². The van der Waals surface area contributed by atoms with E-state index in [4.69, 9.17) is 0 Å². The van der Waals surface area contributed by atoms with Gasteiger partial charge < -0.3 is 10.0 Å². The van der Waals surface area contributed by atoms with Gasteiger partial charge in [0.2, 0.25) is 0 Å². The van der Waals surface area contributed by atoms with E-state index in [1.807, 2.05) is 19.0 Å². The van der Waals surface area contributed by atoms with E-state index < -0.39 is 0 Å². The molecule has 0 bridgehead atoms. The van der Waals surface area contributed by atoms with Crippen molar-refractivity contribution < 1.29 is 5.11 Å². The zero-order valence-corrected chi connectivity index (χ0v) is 8.71. The number of aliphatic hydroxyl groups excluding tert-OH is 1. The molecule has 0 fully saturated rings. The summed E-state index contributed by atoms with van der Waals surface area (Å²) in [6.07, 6.45) is 5.83. The SMILES string of the molecule is CCCCCC[C@H](O)CN(C)C. The van der Waals surface area contributed by atoms with Gasteiger partial charge in [-0.1, -0.05) is 32.6 Å². The Kier molecular flexibility index (Phi) is 7.51. The Morgan fingerprint density at radius 1 is 1.17 bits per heavy atom. The molecule has 0 saturated carbocycles. The van der Waals surface area contributed by atoms with Crippen molar-refractivity contribution in [3.8, 4) is 0 Å². The van der Waals surface area contributed by atoms with Gasteiger partial charge in [-0.15, -0.1) is 0 Å². The summed E-state index contributed by atoms with van der Waals surface area (Å²) in [5, 5.41) is 9.48. The van der Waals surface area contributed by atoms with Gasteiger partial charge in [0.1, 0.15) is 0 Å². The highest BCUT2D eigenvalue weighted by Gasteiger charge is 2.03. The van der Waals surface area contributed by atoms with E-state index in [0.717, 1.165) is 13.0 Å². The number of unbranched alkanes of at least 4 members (excludes halogenated alkanes) is 3. The van der Waals surface area contributed by atoms with Crippen LogP contribution in [-0.4, -0.2) is 36.8 Å². The number of hydrogen-bond acceptors (Lipinski definition) is 2. The summed E-state index contributed by atoms with van der Waals surface area (Å²) >= 11 is 0. The van der Waals surface area contributed by atoms with E-state index in [0.29, 0.717) is 0 Å². The van der Waals surface area contributed by atoms with Gasteiger partial charge in [-0.3, -0.25) is 0 Å². The topological polar surface area (TPSA) is 23.5 Å². The fourth-order valence-electron chi connectivity index (χ4n) is 1.32. The van der Waals surface area contributed by atoms with Gasteiger partial charge in [-0.25, -0.2) is 0 Å². The normalized spacial score (nSPS) is 13.8.